The molecule has 0 unspecified atom stereocenters. The fourth-order valence-electron chi connectivity index (χ4n) is 1.76. The highest BCUT2D eigenvalue weighted by Gasteiger charge is 2.17. The van der Waals surface area contributed by atoms with Gasteiger partial charge in [0.2, 0.25) is 0 Å². The van der Waals surface area contributed by atoms with Crippen molar-refractivity contribution in [2.75, 3.05) is 13.2 Å². The van der Waals surface area contributed by atoms with E-state index in [1.54, 1.807) is 0 Å². The summed E-state index contributed by atoms with van der Waals surface area (Å²) < 4.78 is 16.0. The lowest BCUT2D eigenvalue weighted by molar-refractivity contribution is -0.176. The molecule has 82 valence electrons. The molecule has 0 amide bonds. The Morgan fingerprint density at radius 2 is 1.69 bits per heavy atom. The van der Waals surface area contributed by atoms with E-state index in [0.717, 1.165) is 11.1 Å². The van der Waals surface area contributed by atoms with Gasteiger partial charge in [0.15, 0.2) is 0 Å². The van der Waals surface area contributed by atoms with Gasteiger partial charge in [-0.2, -0.15) is 0 Å². The smallest absolute Gasteiger partial charge is 0.316 e. The second kappa shape index (κ2) is 4.12. The standard InChI is InChI=1S/C13H12O3/c1-2-4-11-9-12(6-5-10(11)3-1)16-13-14-7-8-15-13/h1-6,9,13H,7-8H2. The molecule has 3 rings (SSSR count). The van der Waals surface area contributed by atoms with E-state index in [0.29, 0.717) is 13.2 Å². The quantitative estimate of drug-likeness (QED) is 0.772. The van der Waals surface area contributed by atoms with E-state index >= 15 is 0 Å². The molecule has 1 saturated heterocycles. The molecule has 2 aromatic rings. The van der Waals surface area contributed by atoms with Crippen LogP contribution in [0, 0.1) is 0 Å². The monoisotopic (exact) mass is 216 g/mol. The molecule has 0 saturated carbocycles. The van der Waals surface area contributed by atoms with Crippen LogP contribution in [-0.2, 0) is 9.47 Å². The SMILES string of the molecule is c1ccc2cc(OC3OCCO3)ccc2c1. The molecule has 0 aliphatic carbocycles. The molecule has 1 fully saturated rings. The van der Waals surface area contributed by atoms with Crippen molar-refractivity contribution in [1.29, 1.82) is 0 Å². The highest BCUT2D eigenvalue weighted by molar-refractivity contribution is 5.83. The first-order chi connectivity index (χ1) is 7.92. The van der Waals surface area contributed by atoms with Crippen molar-refractivity contribution in [3.8, 4) is 5.75 Å². The number of hydrogen-bond acceptors (Lipinski definition) is 3. The van der Waals surface area contributed by atoms with Gasteiger partial charge in [0.1, 0.15) is 5.75 Å². The van der Waals surface area contributed by atoms with Gasteiger partial charge in [0.05, 0.1) is 13.2 Å². The van der Waals surface area contributed by atoms with Gasteiger partial charge in [-0.05, 0) is 22.9 Å². The molecular weight excluding hydrogens is 204 g/mol. The van der Waals surface area contributed by atoms with Crippen LogP contribution in [0.2, 0.25) is 0 Å². The molecule has 1 aliphatic rings. The molecule has 3 heteroatoms. The van der Waals surface area contributed by atoms with Crippen LogP contribution < -0.4 is 4.74 Å². The Morgan fingerprint density at radius 1 is 0.938 bits per heavy atom. The highest BCUT2D eigenvalue weighted by atomic mass is 16.9. The highest BCUT2D eigenvalue weighted by Crippen LogP contribution is 2.22. The Balaban J connectivity index is 1.86. The van der Waals surface area contributed by atoms with Crippen LogP contribution in [0.3, 0.4) is 0 Å². The van der Waals surface area contributed by atoms with Crippen LogP contribution in [0.4, 0.5) is 0 Å². The van der Waals surface area contributed by atoms with E-state index < -0.39 is 6.48 Å². The molecule has 0 atom stereocenters. The lowest BCUT2D eigenvalue weighted by atomic mass is 10.1. The van der Waals surface area contributed by atoms with Gasteiger partial charge in [-0.3, -0.25) is 0 Å². The molecule has 2 aromatic carbocycles. The molecule has 0 bridgehead atoms. The van der Waals surface area contributed by atoms with Crippen LogP contribution in [-0.4, -0.2) is 19.7 Å². The topological polar surface area (TPSA) is 27.7 Å². The fraction of sp³-hybridized carbons (Fsp3) is 0.231. The number of ether oxygens (including phenoxy) is 3. The number of fused-ring (bicyclic) bond motifs is 1. The van der Waals surface area contributed by atoms with Gasteiger partial charge >= 0.3 is 6.48 Å². The van der Waals surface area contributed by atoms with Crippen molar-refractivity contribution in [3.05, 3.63) is 42.5 Å². The minimum absolute atomic E-state index is 0.554. The summed E-state index contributed by atoms with van der Waals surface area (Å²) in [7, 11) is 0. The lowest BCUT2D eigenvalue weighted by Crippen LogP contribution is -2.16. The summed E-state index contributed by atoms with van der Waals surface area (Å²) in [6, 6.07) is 14.1. The van der Waals surface area contributed by atoms with E-state index in [2.05, 4.69) is 12.1 Å². The third kappa shape index (κ3) is 1.87. The second-order valence-electron chi connectivity index (χ2n) is 3.66. The van der Waals surface area contributed by atoms with E-state index in [9.17, 15) is 0 Å². The lowest BCUT2D eigenvalue weighted by Gasteiger charge is -2.11. The summed E-state index contributed by atoms with van der Waals surface area (Å²) >= 11 is 0. The van der Waals surface area contributed by atoms with Crippen molar-refractivity contribution < 1.29 is 14.2 Å². The van der Waals surface area contributed by atoms with Gasteiger partial charge in [-0.25, -0.2) is 0 Å². The zero-order valence-corrected chi connectivity index (χ0v) is 8.76. The molecule has 0 radical (unpaired) electrons. The second-order valence-corrected chi connectivity index (χ2v) is 3.66. The number of rotatable bonds is 2. The van der Waals surface area contributed by atoms with Crippen molar-refractivity contribution in [1.82, 2.24) is 0 Å². The third-order valence-corrected chi connectivity index (χ3v) is 2.54. The zero-order chi connectivity index (χ0) is 10.8. The van der Waals surface area contributed by atoms with E-state index in [1.165, 1.54) is 5.39 Å². The van der Waals surface area contributed by atoms with Crippen LogP contribution in [0.15, 0.2) is 42.5 Å². The summed E-state index contributed by atoms with van der Waals surface area (Å²) in [5.41, 5.74) is 0. The molecular formula is C13H12O3. The molecule has 0 aromatic heterocycles. The molecule has 0 N–H and O–H groups in total. The largest absolute Gasteiger partial charge is 0.441 e. The Hall–Kier alpha value is -1.58. The third-order valence-electron chi connectivity index (χ3n) is 2.54. The predicted molar refractivity (Wildman–Crippen MR) is 60.3 cm³/mol. The first kappa shape index (κ1) is 9.63. The van der Waals surface area contributed by atoms with Crippen molar-refractivity contribution in [2.45, 2.75) is 6.48 Å². The summed E-state index contributed by atoms with van der Waals surface area (Å²) in [6.45, 7) is 0.636. The number of hydrogen-bond donors (Lipinski definition) is 0. The molecule has 1 heterocycles. The summed E-state index contributed by atoms with van der Waals surface area (Å²) in [6.07, 6.45) is 0. The predicted octanol–water partition coefficient (Wildman–Crippen LogP) is 2.55. The Kier molecular flexibility index (Phi) is 2.48. The summed E-state index contributed by atoms with van der Waals surface area (Å²) in [5.74, 6) is 0.769. The van der Waals surface area contributed by atoms with Crippen molar-refractivity contribution >= 4 is 10.8 Å². The average molecular weight is 216 g/mol. The maximum Gasteiger partial charge on any atom is 0.316 e. The van der Waals surface area contributed by atoms with Crippen molar-refractivity contribution in [2.24, 2.45) is 0 Å². The number of benzene rings is 2. The normalized spacial score (nSPS) is 16.8. The molecule has 3 nitrogen and oxygen atoms in total. The molecule has 1 aliphatic heterocycles. The van der Waals surface area contributed by atoms with E-state index in [1.807, 2.05) is 30.3 Å². The van der Waals surface area contributed by atoms with Crippen LogP contribution in [0.5, 0.6) is 5.75 Å². The minimum Gasteiger partial charge on any atom is -0.441 e. The van der Waals surface area contributed by atoms with Gasteiger partial charge < -0.3 is 14.2 Å². The van der Waals surface area contributed by atoms with Crippen LogP contribution >= 0.6 is 0 Å². The summed E-state index contributed by atoms with van der Waals surface area (Å²) in [5, 5.41) is 2.35. The van der Waals surface area contributed by atoms with Crippen molar-refractivity contribution in [3.63, 3.8) is 0 Å². The fourth-order valence-corrected chi connectivity index (χ4v) is 1.76. The maximum absolute atomic E-state index is 5.54. The Bertz CT molecular complexity index is 489. The maximum atomic E-state index is 5.54. The van der Waals surface area contributed by atoms with Crippen LogP contribution in [0.1, 0.15) is 0 Å². The summed E-state index contributed by atoms with van der Waals surface area (Å²) in [4.78, 5) is 0. The van der Waals surface area contributed by atoms with E-state index in [4.69, 9.17) is 14.2 Å². The Morgan fingerprint density at radius 3 is 2.50 bits per heavy atom. The van der Waals surface area contributed by atoms with Crippen LogP contribution in [0.25, 0.3) is 10.8 Å². The zero-order valence-electron chi connectivity index (χ0n) is 8.76. The van der Waals surface area contributed by atoms with Gasteiger partial charge in [-0.15, -0.1) is 0 Å². The van der Waals surface area contributed by atoms with Gasteiger partial charge in [0, 0.05) is 0 Å². The van der Waals surface area contributed by atoms with Gasteiger partial charge in [0.25, 0.3) is 0 Å². The molecule has 0 spiro atoms. The minimum atomic E-state index is -0.554. The first-order valence-corrected chi connectivity index (χ1v) is 5.30. The molecule has 16 heavy (non-hydrogen) atoms. The van der Waals surface area contributed by atoms with E-state index in [-0.39, 0.29) is 0 Å². The average Bonchev–Trinajstić information content (AvgIpc) is 2.82. The van der Waals surface area contributed by atoms with Gasteiger partial charge in [-0.1, -0.05) is 30.3 Å². The first-order valence-electron chi connectivity index (χ1n) is 5.30. The Labute approximate surface area is 93.5 Å².